The quantitative estimate of drug-likeness (QED) is 0.559. The molecule has 1 N–H and O–H groups in total. The van der Waals surface area contributed by atoms with E-state index < -0.39 is 5.79 Å². The van der Waals surface area contributed by atoms with Gasteiger partial charge in [0.2, 0.25) is 5.91 Å². The van der Waals surface area contributed by atoms with E-state index in [1.165, 1.54) is 0 Å². The molecule has 0 atom stereocenters. The van der Waals surface area contributed by atoms with Crippen molar-refractivity contribution in [3.05, 3.63) is 0 Å². The molecule has 0 radical (unpaired) electrons. The van der Waals surface area contributed by atoms with Gasteiger partial charge in [0.1, 0.15) is 0 Å². The van der Waals surface area contributed by atoms with Crippen molar-refractivity contribution >= 4 is 5.91 Å². The fraction of sp³-hybridized carbons (Fsp3) is 0.875. The average molecular weight is 171 g/mol. The van der Waals surface area contributed by atoms with Gasteiger partial charge in [-0.15, -0.1) is 0 Å². The van der Waals surface area contributed by atoms with Gasteiger partial charge in [0, 0.05) is 25.8 Å². The van der Waals surface area contributed by atoms with E-state index >= 15 is 0 Å². The lowest BCUT2D eigenvalue weighted by Crippen LogP contribution is -2.31. The normalized spacial score (nSPS) is 28.5. The van der Waals surface area contributed by atoms with Crippen LogP contribution in [0.2, 0.25) is 0 Å². The molecular weight excluding hydrogens is 158 g/mol. The fourth-order valence-corrected chi connectivity index (χ4v) is 1.70. The monoisotopic (exact) mass is 171 g/mol. The molecule has 0 unspecified atom stereocenters. The van der Waals surface area contributed by atoms with Gasteiger partial charge in [-0.3, -0.25) is 4.79 Å². The van der Waals surface area contributed by atoms with Gasteiger partial charge in [-0.1, -0.05) is 0 Å². The predicted octanol–water partition coefficient (Wildman–Crippen LogP) is 0.0296. The lowest BCUT2D eigenvalue weighted by Gasteiger charge is -2.24. The summed E-state index contributed by atoms with van der Waals surface area (Å²) in [7, 11) is 0. The highest BCUT2D eigenvalue weighted by Gasteiger charge is 2.37. The number of ether oxygens (including phenoxy) is 2. The minimum Gasteiger partial charge on any atom is -0.356 e. The second kappa shape index (κ2) is 3.03. The van der Waals surface area contributed by atoms with Crippen molar-refractivity contribution in [1.29, 1.82) is 0 Å². The van der Waals surface area contributed by atoms with Gasteiger partial charge in [-0.2, -0.15) is 0 Å². The number of carbonyl (C=O) groups excluding carboxylic acids is 1. The van der Waals surface area contributed by atoms with Crippen LogP contribution in [0.15, 0.2) is 0 Å². The van der Waals surface area contributed by atoms with Crippen molar-refractivity contribution in [3.63, 3.8) is 0 Å². The molecule has 0 saturated carbocycles. The maximum Gasteiger partial charge on any atom is 0.220 e. The number of carbonyl (C=O) groups is 1. The molecule has 12 heavy (non-hydrogen) atoms. The van der Waals surface area contributed by atoms with Gasteiger partial charge >= 0.3 is 0 Å². The topological polar surface area (TPSA) is 47.6 Å². The minimum absolute atomic E-state index is 0.103. The number of nitrogens with one attached hydrogen (secondary N) is 1. The zero-order valence-electron chi connectivity index (χ0n) is 6.97. The summed E-state index contributed by atoms with van der Waals surface area (Å²) in [6.07, 6.45) is 1.98. The van der Waals surface area contributed by atoms with Crippen LogP contribution in [0.25, 0.3) is 0 Å². The first kappa shape index (κ1) is 8.01. The van der Waals surface area contributed by atoms with E-state index in [0.717, 1.165) is 6.42 Å². The van der Waals surface area contributed by atoms with E-state index in [0.29, 0.717) is 32.6 Å². The van der Waals surface area contributed by atoms with E-state index in [2.05, 4.69) is 5.32 Å². The average Bonchev–Trinajstić information content (AvgIpc) is 2.42. The number of amides is 1. The van der Waals surface area contributed by atoms with E-state index in [1.54, 1.807) is 0 Å². The van der Waals surface area contributed by atoms with E-state index in [-0.39, 0.29) is 5.91 Å². The molecule has 68 valence electrons. The van der Waals surface area contributed by atoms with Gasteiger partial charge in [0.15, 0.2) is 5.79 Å². The fourth-order valence-electron chi connectivity index (χ4n) is 1.70. The Morgan fingerprint density at radius 1 is 1.25 bits per heavy atom. The van der Waals surface area contributed by atoms with Crippen molar-refractivity contribution in [2.45, 2.75) is 25.0 Å². The lowest BCUT2D eigenvalue weighted by atomic mass is 10.1. The number of hydrogen-bond acceptors (Lipinski definition) is 3. The molecule has 2 saturated heterocycles. The summed E-state index contributed by atoms with van der Waals surface area (Å²) in [6, 6.07) is 0. The maximum absolute atomic E-state index is 11.0. The molecule has 2 aliphatic rings. The molecule has 2 rings (SSSR count). The summed E-state index contributed by atoms with van der Waals surface area (Å²) >= 11 is 0. The van der Waals surface area contributed by atoms with Crippen LogP contribution >= 0.6 is 0 Å². The van der Waals surface area contributed by atoms with E-state index in [4.69, 9.17) is 9.47 Å². The first-order valence-corrected chi connectivity index (χ1v) is 4.35. The number of hydrogen-bond donors (Lipinski definition) is 1. The van der Waals surface area contributed by atoms with Gasteiger partial charge in [0.05, 0.1) is 13.2 Å². The van der Waals surface area contributed by atoms with Crippen LogP contribution in [0.4, 0.5) is 0 Å². The lowest BCUT2D eigenvalue weighted by molar-refractivity contribution is -0.163. The molecule has 0 aliphatic carbocycles. The van der Waals surface area contributed by atoms with Gasteiger partial charge in [0.25, 0.3) is 0 Å². The van der Waals surface area contributed by atoms with Gasteiger partial charge in [-0.05, 0) is 0 Å². The summed E-state index contributed by atoms with van der Waals surface area (Å²) in [6.45, 7) is 1.99. The smallest absolute Gasteiger partial charge is 0.220 e. The number of rotatable bonds is 0. The highest BCUT2D eigenvalue weighted by molar-refractivity contribution is 5.76. The van der Waals surface area contributed by atoms with Crippen LogP contribution in [0.5, 0.6) is 0 Å². The standard InChI is InChI=1S/C8H13NO3/c10-7-1-2-8(3-4-9-7)11-5-6-12-8/h1-6H2,(H,9,10). The van der Waals surface area contributed by atoms with Crippen molar-refractivity contribution in [3.8, 4) is 0 Å². The molecule has 2 aliphatic heterocycles. The molecule has 1 amide bonds. The van der Waals surface area contributed by atoms with Crippen LogP contribution in [0.1, 0.15) is 19.3 Å². The molecule has 4 nitrogen and oxygen atoms in total. The molecule has 0 aromatic carbocycles. The van der Waals surface area contributed by atoms with Crippen LogP contribution in [0, 0.1) is 0 Å². The molecule has 2 heterocycles. The molecule has 0 bridgehead atoms. The summed E-state index contributed by atoms with van der Waals surface area (Å²) in [5.74, 6) is -0.343. The Morgan fingerprint density at radius 2 is 2.00 bits per heavy atom. The third-order valence-electron chi connectivity index (χ3n) is 2.37. The third kappa shape index (κ3) is 1.44. The Bertz CT molecular complexity index is 187. The van der Waals surface area contributed by atoms with Gasteiger partial charge in [-0.25, -0.2) is 0 Å². The SMILES string of the molecule is O=C1CCC2(CCN1)OCCO2. The first-order chi connectivity index (χ1) is 5.81. The third-order valence-corrected chi connectivity index (χ3v) is 2.37. The van der Waals surface area contributed by atoms with Crippen molar-refractivity contribution in [1.82, 2.24) is 5.32 Å². The highest BCUT2D eigenvalue weighted by Crippen LogP contribution is 2.29. The van der Waals surface area contributed by atoms with Crippen LogP contribution in [0.3, 0.4) is 0 Å². The van der Waals surface area contributed by atoms with Crippen molar-refractivity contribution < 1.29 is 14.3 Å². The molecule has 2 fully saturated rings. The van der Waals surface area contributed by atoms with Crippen molar-refractivity contribution in [2.75, 3.05) is 19.8 Å². The second-order valence-electron chi connectivity index (χ2n) is 3.21. The maximum atomic E-state index is 11.0. The van der Waals surface area contributed by atoms with Crippen LogP contribution < -0.4 is 5.32 Å². The zero-order chi connectivity index (χ0) is 8.44. The summed E-state index contributed by atoms with van der Waals surface area (Å²) in [5.41, 5.74) is 0. The Labute approximate surface area is 71.2 Å². The van der Waals surface area contributed by atoms with Crippen LogP contribution in [-0.4, -0.2) is 31.5 Å². The molecular formula is C8H13NO3. The Hall–Kier alpha value is -0.610. The summed E-state index contributed by atoms with van der Waals surface area (Å²) < 4.78 is 11.0. The molecule has 1 spiro atoms. The van der Waals surface area contributed by atoms with Crippen LogP contribution in [-0.2, 0) is 14.3 Å². The van der Waals surface area contributed by atoms with Crippen molar-refractivity contribution in [2.24, 2.45) is 0 Å². The zero-order valence-corrected chi connectivity index (χ0v) is 6.97. The second-order valence-corrected chi connectivity index (χ2v) is 3.21. The highest BCUT2D eigenvalue weighted by atomic mass is 16.7. The molecule has 0 aromatic heterocycles. The van der Waals surface area contributed by atoms with E-state index in [9.17, 15) is 4.79 Å². The summed E-state index contributed by atoms with van der Waals surface area (Å²) in [4.78, 5) is 11.0. The first-order valence-electron chi connectivity index (χ1n) is 4.35. The Kier molecular flexibility index (Phi) is 2.02. The minimum atomic E-state index is -0.445. The largest absolute Gasteiger partial charge is 0.356 e. The molecule has 0 aromatic rings. The Morgan fingerprint density at radius 3 is 2.75 bits per heavy atom. The van der Waals surface area contributed by atoms with Gasteiger partial charge < -0.3 is 14.8 Å². The predicted molar refractivity (Wildman–Crippen MR) is 41.5 cm³/mol. The summed E-state index contributed by atoms with van der Waals surface area (Å²) in [5, 5.41) is 2.80. The molecule has 4 heteroatoms. The Balaban J connectivity index is 2.01. The van der Waals surface area contributed by atoms with E-state index in [1.807, 2.05) is 0 Å².